The predicted octanol–water partition coefficient (Wildman–Crippen LogP) is 5.36. The second-order valence-corrected chi connectivity index (χ2v) is 13.7. The number of para-hydroxylation sites is 1. The maximum atomic E-state index is 13.6. The number of sulfonamides is 1. The quantitative estimate of drug-likeness (QED) is 0.172. The van der Waals surface area contributed by atoms with Crippen molar-refractivity contribution in [3.63, 3.8) is 0 Å². The van der Waals surface area contributed by atoms with Crippen molar-refractivity contribution in [3.05, 3.63) is 52.9 Å². The third kappa shape index (κ3) is 6.26. The number of rotatable bonds is 12. The minimum absolute atomic E-state index is 0.00880. The number of aromatic nitrogens is 2. The van der Waals surface area contributed by atoms with E-state index in [9.17, 15) is 13.2 Å². The molecule has 5 rings (SSSR count). The van der Waals surface area contributed by atoms with Crippen LogP contribution in [-0.2, 0) is 30.8 Å². The monoisotopic (exact) mass is 602 g/mol. The first kappa shape index (κ1) is 28.7. The second kappa shape index (κ2) is 12.8. The number of benzene rings is 1. The van der Waals surface area contributed by atoms with Gasteiger partial charge >= 0.3 is 5.97 Å². The van der Waals surface area contributed by atoms with E-state index in [2.05, 4.69) is 14.9 Å². The Morgan fingerprint density at radius 2 is 2.00 bits per heavy atom. The lowest BCUT2D eigenvalue weighted by Gasteiger charge is -2.30. The number of H-pyrrole nitrogens is 1. The van der Waals surface area contributed by atoms with Crippen LogP contribution in [0.4, 0.5) is 5.69 Å². The maximum absolute atomic E-state index is 13.6. The van der Waals surface area contributed by atoms with Crippen LogP contribution in [0, 0.1) is 5.92 Å². The molecule has 0 amide bonds. The van der Waals surface area contributed by atoms with Crippen molar-refractivity contribution >= 4 is 55.3 Å². The predicted molar refractivity (Wildman–Crippen MR) is 159 cm³/mol. The van der Waals surface area contributed by atoms with Crippen LogP contribution in [-0.4, -0.2) is 68.7 Å². The summed E-state index contributed by atoms with van der Waals surface area (Å²) in [5.74, 6) is -0.0921. The van der Waals surface area contributed by atoms with Gasteiger partial charge in [0.2, 0.25) is 0 Å². The summed E-state index contributed by atoms with van der Waals surface area (Å²) in [6.45, 7) is 7.65. The highest BCUT2D eigenvalue weighted by molar-refractivity contribution is 7.94. The van der Waals surface area contributed by atoms with Crippen molar-refractivity contribution in [3.8, 4) is 10.7 Å². The Morgan fingerprint density at radius 3 is 2.73 bits per heavy atom. The van der Waals surface area contributed by atoms with Gasteiger partial charge in [-0.25, -0.2) is 13.4 Å². The van der Waals surface area contributed by atoms with Gasteiger partial charge in [-0.2, -0.15) is 0 Å². The lowest BCUT2D eigenvalue weighted by molar-refractivity contribution is -0.149. The van der Waals surface area contributed by atoms with Crippen LogP contribution in [0.15, 0.2) is 52.2 Å². The summed E-state index contributed by atoms with van der Waals surface area (Å²) in [4.78, 5) is 23.7. The van der Waals surface area contributed by atoms with Crippen molar-refractivity contribution in [2.24, 2.45) is 5.92 Å². The molecule has 0 spiro atoms. The molecule has 1 fully saturated rings. The zero-order valence-electron chi connectivity index (χ0n) is 22.7. The van der Waals surface area contributed by atoms with E-state index >= 15 is 0 Å². The minimum Gasteiger partial charge on any atom is -0.466 e. The minimum atomic E-state index is -3.76. The summed E-state index contributed by atoms with van der Waals surface area (Å²) >= 11 is 2.82. The number of thiazole rings is 1. The fourth-order valence-corrected chi connectivity index (χ4v) is 8.45. The first-order valence-corrected chi connectivity index (χ1v) is 16.6. The first-order valence-electron chi connectivity index (χ1n) is 13.5. The normalized spacial score (nSPS) is 15.1. The molecule has 1 aliphatic heterocycles. The van der Waals surface area contributed by atoms with Gasteiger partial charge in [-0.3, -0.25) is 14.0 Å². The third-order valence-electron chi connectivity index (χ3n) is 6.96. The standard InChI is InChI=1S/C28H34N4O5S3/c1-3-36-15-14-32(40(34,35)25-9-6-16-38-25)24-8-5-7-21-17-23(30-26(21)24)27-29-18-22(39-27)19-31-12-10-20(11-13-31)28(33)37-4-2/h5-9,16-18,20,30H,3-4,10-15,19H2,1-2H3. The molecule has 1 N–H and O–H groups in total. The number of aromatic amines is 1. The average molecular weight is 603 g/mol. The Hall–Kier alpha value is -2.77. The summed E-state index contributed by atoms with van der Waals surface area (Å²) in [5, 5.41) is 3.53. The van der Waals surface area contributed by atoms with Crippen molar-refractivity contribution < 1.29 is 22.7 Å². The van der Waals surface area contributed by atoms with Crippen LogP contribution in [0.3, 0.4) is 0 Å². The zero-order chi connectivity index (χ0) is 28.1. The number of fused-ring (bicyclic) bond motifs is 1. The van der Waals surface area contributed by atoms with Crippen molar-refractivity contribution in [1.29, 1.82) is 0 Å². The summed E-state index contributed by atoms with van der Waals surface area (Å²) in [5.41, 5.74) is 2.17. The molecule has 1 aliphatic rings. The number of hydrogen-bond donors (Lipinski definition) is 1. The molecule has 9 nitrogen and oxygen atoms in total. The average Bonchev–Trinajstić information content (AvgIpc) is 3.73. The maximum Gasteiger partial charge on any atom is 0.309 e. The van der Waals surface area contributed by atoms with Gasteiger partial charge in [-0.15, -0.1) is 22.7 Å². The van der Waals surface area contributed by atoms with Crippen molar-refractivity contribution in [2.75, 3.05) is 43.8 Å². The lowest BCUT2D eigenvalue weighted by atomic mass is 9.97. The molecule has 0 bridgehead atoms. The second-order valence-electron chi connectivity index (χ2n) is 9.56. The number of ether oxygens (including phenoxy) is 2. The number of carbonyl (C=O) groups is 1. The summed E-state index contributed by atoms with van der Waals surface area (Å²) in [7, 11) is -3.76. The molecule has 3 aromatic heterocycles. The molecule has 1 saturated heterocycles. The SMILES string of the molecule is CCOCCN(c1cccc2cc(-c3ncc(CN4CCC(C(=O)OCC)CC4)s3)[nH]c12)S(=O)(=O)c1cccs1. The van der Waals surface area contributed by atoms with E-state index in [1.807, 2.05) is 44.3 Å². The Balaban J connectivity index is 1.36. The number of thiophene rings is 1. The van der Waals surface area contributed by atoms with E-state index in [4.69, 9.17) is 9.47 Å². The number of anilines is 1. The van der Waals surface area contributed by atoms with Gasteiger partial charge in [0.25, 0.3) is 10.0 Å². The Kier molecular flexibility index (Phi) is 9.21. The highest BCUT2D eigenvalue weighted by atomic mass is 32.2. The Morgan fingerprint density at radius 1 is 1.18 bits per heavy atom. The van der Waals surface area contributed by atoms with Crippen LogP contribution in [0.1, 0.15) is 31.6 Å². The van der Waals surface area contributed by atoms with Gasteiger partial charge < -0.3 is 14.5 Å². The molecular weight excluding hydrogens is 569 g/mol. The third-order valence-corrected chi connectivity index (χ3v) is 11.2. The molecule has 0 aliphatic carbocycles. The smallest absolute Gasteiger partial charge is 0.309 e. The van der Waals surface area contributed by atoms with Crippen LogP contribution in [0.25, 0.3) is 21.6 Å². The number of esters is 1. The number of hydrogen-bond acceptors (Lipinski definition) is 9. The summed E-state index contributed by atoms with van der Waals surface area (Å²) < 4.78 is 39.7. The van der Waals surface area contributed by atoms with Gasteiger partial charge in [-0.05, 0) is 63.4 Å². The highest BCUT2D eigenvalue weighted by Crippen LogP contribution is 2.35. The van der Waals surface area contributed by atoms with E-state index < -0.39 is 10.0 Å². The van der Waals surface area contributed by atoms with E-state index in [0.29, 0.717) is 23.1 Å². The molecule has 4 aromatic rings. The molecule has 0 atom stereocenters. The van der Waals surface area contributed by atoms with Crippen LogP contribution < -0.4 is 4.31 Å². The van der Waals surface area contributed by atoms with Gasteiger partial charge in [0.05, 0.1) is 42.6 Å². The lowest BCUT2D eigenvalue weighted by Crippen LogP contribution is -2.36. The fraction of sp³-hybridized carbons (Fsp3) is 0.429. The molecule has 1 aromatic carbocycles. The molecule has 0 unspecified atom stereocenters. The molecular formula is C28H34N4O5S3. The van der Waals surface area contributed by atoms with Crippen molar-refractivity contribution in [2.45, 2.75) is 37.4 Å². The van der Waals surface area contributed by atoms with Gasteiger partial charge in [0, 0.05) is 29.6 Å². The Bertz CT molecular complexity index is 1520. The number of nitrogens with zero attached hydrogens (tertiary/aromatic N) is 3. The molecule has 40 heavy (non-hydrogen) atoms. The number of nitrogens with one attached hydrogen (secondary N) is 1. The van der Waals surface area contributed by atoms with Gasteiger partial charge in [0.15, 0.2) is 0 Å². The number of likely N-dealkylation sites (tertiary alicyclic amines) is 1. The van der Waals surface area contributed by atoms with Gasteiger partial charge in [-0.1, -0.05) is 18.2 Å². The topological polar surface area (TPSA) is 105 Å². The summed E-state index contributed by atoms with van der Waals surface area (Å²) in [6, 6.07) is 11.1. The summed E-state index contributed by atoms with van der Waals surface area (Å²) in [6.07, 6.45) is 3.52. The van der Waals surface area contributed by atoms with Crippen LogP contribution >= 0.6 is 22.7 Å². The van der Waals surface area contributed by atoms with Crippen LogP contribution in [0.2, 0.25) is 0 Å². The highest BCUT2D eigenvalue weighted by Gasteiger charge is 2.28. The molecule has 4 heterocycles. The van der Waals surface area contributed by atoms with E-state index in [1.165, 1.54) is 15.6 Å². The zero-order valence-corrected chi connectivity index (χ0v) is 25.1. The Labute approximate surface area is 242 Å². The first-order chi connectivity index (χ1) is 19.4. The molecule has 0 radical (unpaired) electrons. The number of piperidine rings is 1. The van der Waals surface area contributed by atoms with Gasteiger partial charge in [0.1, 0.15) is 9.22 Å². The number of carbonyl (C=O) groups excluding carboxylic acids is 1. The molecule has 0 saturated carbocycles. The largest absolute Gasteiger partial charge is 0.466 e. The van der Waals surface area contributed by atoms with Crippen molar-refractivity contribution in [1.82, 2.24) is 14.9 Å². The van der Waals surface area contributed by atoms with E-state index in [-0.39, 0.29) is 25.0 Å². The van der Waals surface area contributed by atoms with E-state index in [1.54, 1.807) is 28.8 Å². The van der Waals surface area contributed by atoms with Crippen LogP contribution in [0.5, 0.6) is 0 Å². The molecule has 12 heteroatoms. The van der Waals surface area contributed by atoms with E-state index in [0.717, 1.165) is 59.0 Å². The fourth-order valence-electron chi connectivity index (χ4n) is 4.96. The molecule has 214 valence electrons.